The Kier molecular flexibility index (Phi) is 9.04. The van der Waals surface area contributed by atoms with E-state index in [4.69, 9.17) is 4.74 Å². The number of nitrogens with zero attached hydrogens (tertiary/aromatic N) is 1. The number of methoxy groups -OCH3 is 1. The smallest absolute Gasteiger partial charge is 0.329 e. The molecule has 3 N–H and O–H groups in total. The van der Waals surface area contributed by atoms with Crippen LogP contribution in [0.25, 0.3) is 0 Å². The summed E-state index contributed by atoms with van der Waals surface area (Å²) in [7, 11) is -2.65. The predicted molar refractivity (Wildman–Crippen MR) is 136 cm³/mol. The van der Waals surface area contributed by atoms with Gasteiger partial charge in [0.05, 0.1) is 32.2 Å². The molecule has 3 aromatic carbocycles. The number of benzene rings is 3. The van der Waals surface area contributed by atoms with Crippen LogP contribution in [0, 0.1) is 6.92 Å². The molecule has 0 radical (unpaired) electrons. The lowest BCUT2D eigenvalue weighted by Crippen LogP contribution is -2.36. The Balaban J connectivity index is 1.95. The summed E-state index contributed by atoms with van der Waals surface area (Å²) in [5.74, 6) is -0.602. The molecule has 0 saturated carbocycles. The van der Waals surface area contributed by atoms with Crippen LogP contribution in [0.3, 0.4) is 0 Å². The first kappa shape index (κ1) is 27.1. The van der Waals surface area contributed by atoms with Crippen LogP contribution in [-0.2, 0) is 33.3 Å². The standard InChI is InChI=1S/C27H30NO7P/c1-19-4-3-5-23(14-19)25(16-27(30)31)28(26(29)15-20-10-12-24(35-2)13-11-20)17-21-6-8-22(9-7-21)18-36(32,33)34/h3-14,25H,15-18H2,1-2H3,(H,30,31)(H2,32,33,34). The molecule has 0 aliphatic heterocycles. The van der Waals surface area contributed by atoms with Crippen LogP contribution in [0.15, 0.2) is 72.8 Å². The molecular weight excluding hydrogens is 481 g/mol. The van der Waals surface area contributed by atoms with Gasteiger partial charge < -0.3 is 24.5 Å². The van der Waals surface area contributed by atoms with Crippen molar-refractivity contribution < 1.29 is 33.8 Å². The minimum atomic E-state index is -4.21. The quantitative estimate of drug-likeness (QED) is 0.325. The maximum absolute atomic E-state index is 13.6. The topological polar surface area (TPSA) is 124 Å². The Morgan fingerprint density at radius 1 is 0.944 bits per heavy atom. The number of carbonyl (C=O) groups excluding carboxylic acids is 1. The zero-order chi connectivity index (χ0) is 26.3. The number of amides is 1. The highest BCUT2D eigenvalue weighted by atomic mass is 31.2. The highest BCUT2D eigenvalue weighted by molar-refractivity contribution is 7.50. The second kappa shape index (κ2) is 12.0. The van der Waals surface area contributed by atoms with Crippen molar-refractivity contribution in [2.75, 3.05) is 7.11 Å². The molecule has 1 atom stereocenters. The SMILES string of the molecule is COc1ccc(CC(=O)N(Cc2ccc(CP(=O)(O)O)cc2)C(CC(=O)O)c2cccc(C)c2)cc1. The molecule has 0 heterocycles. The minimum Gasteiger partial charge on any atom is -0.497 e. The lowest BCUT2D eigenvalue weighted by Gasteiger charge is -2.32. The van der Waals surface area contributed by atoms with Crippen LogP contribution in [0.2, 0.25) is 0 Å². The summed E-state index contributed by atoms with van der Waals surface area (Å²) in [5, 5.41) is 9.68. The van der Waals surface area contributed by atoms with E-state index in [9.17, 15) is 29.0 Å². The molecule has 36 heavy (non-hydrogen) atoms. The van der Waals surface area contributed by atoms with Gasteiger partial charge in [0.25, 0.3) is 0 Å². The molecule has 8 nitrogen and oxygen atoms in total. The molecule has 0 fully saturated rings. The highest BCUT2D eigenvalue weighted by Gasteiger charge is 2.28. The first-order valence-electron chi connectivity index (χ1n) is 11.4. The Hall–Kier alpha value is -3.45. The first-order valence-corrected chi connectivity index (χ1v) is 13.2. The van der Waals surface area contributed by atoms with E-state index < -0.39 is 19.6 Å². The van der Waals surface area contributed by atoms with E-state index in [1.807, 2.05) is 31.2 Å². The fraction of sp³-hybridized carbons (Fsp3) is 0.259. The molecule has 0 aliphatic rings. The lowest BCUT2D eigenvalue weighted by molar-refractivity contribution is -0.141. The summed E-state index contributed by atoms with van der Waals surface area (Å²) in [6, 6.07) is 20.5. The number of carbonyl (C=O) groups is 2. The van der Waals surface area contributed by atoms with Crippen molar-refractivity contribution in [1.82, 2.24) is 4.90 Å². The second-order valence-electron chi connectivity index (χ2n) is 8.71. The summed E-state index contributed by atoms with van der Waals surface area (Å²) in [4.78, 5) is 45.5. The largest absolute Gasteiger partial charge is 0.497 e. The highest BCUT2D eigenvalue weighted by Crippen LogP contribution is 2.39. The van der Waals surface area contributed by atoms with Gasteiger partial charge in [0.15, 0.2) is 0 Å². The average molecular weight is 512 g/mol. The van der Waals surface area contributed by atoms with E-state index in [-0.39, 0.29) is 31.5 Å². The average Bonchev–Trinajstić information content (AvgIpc) is 2.81. The van der Waals surface area contributed by atoms with Crippen molar-refractivity contribution in [2.45, 2.75) is 38.5 Å². The number of aliphatic carboxylic acids is 1. The van der Waals surface area contributed by atoms with Crippen molar-refractivity contribution in [3.8, 4) is 5.75 Å². The number of hydrogen-bond donors (Lipinski definition) is 3. The van der Waals surface area contributed by atoms with Crippen molar-refractivity contribution >= 4 is 19.5 Å². The van der Waals surface area contributed by atoms with Crippen LogP contribution in [0.4, 0.5) is 0 Å². The van der Waals surface area contributed by atoms with Gasteiger partial charge in [-0.1, -0.05) is 66.2 Å². The fourth-order valence-electron chi connectivity index (χ4n) is 4.03. The number of rotatable bonds is 11. The summed E-state index contributed by atoms with van der Waals surface area (Å²) >= 11 is 0. The van der Waals surface area contributed by atoms with Gasteiger partial charge >= 0.3 is 13.6 Å². The molecule has 9 heteroatoms. The monoisotopic (exact) mass is 511 g/mol. The van der Waals surface area contributed by atoms with Gasteiger partial charge in [0.2, 0.25) is 5.91 Å². The molecule has 0 aromatic heterocycles. The number of hydrogen-bond acceptors (Lipinski definition) is 4. The molecule has 3 aromatic rings. The van der Waals surface area contributed by atoms with Crippen molar-refractivity contribution in [3.63, 3.8) is 0 Å². The Bertz CT molecular complexity index is 1240. The molecule has 1 amide bonds. The molecule has 1 unspecified atom stereocenters. The van der Waals surface area contributed by atoms with Gasteiger partial charge in [-0.25, -0.2) is 0 Å². The second-order valence-corrected chi connectivity index (χ2v) is 10.4. The molecule has 0 aliphatic carbocycles. The maximum Gasteiger partial charge on any atom is 0.329 e. The Morgan fingerprint density at radius 3 is 2.11 bits per heavy atom. The summed E-state index contributed by atoms with van der Waals surface area (Å²) in [6.07, 6.45) is -0.575. The maximum atomic E-state index is 13.6. The van der Waals surface area contributed by atoms with Gasteiger partial charge in [-0.3, -0.25) is 14.2 Å². The van der Waals surface area contributed by atoms with Crippen LogP contribution < -0.4 is 4.74 Å². The number of aryl methyl sites for hydroxylation is 1. The van der Waals surface area contributed by atoms with Crippen molar-refractivity contribution in [1.29, 1.82) is 0 Å². The predicted octanol–water partition coefficient (Wildman–Crippen LogP) is 4.47. The van der Waals surface area contributed by atoms with Crippen LogP contribution in [0.5, 0.6) is 5.75 Å². The molecule has 3 rings (SSSR count). The number of ether oxygens (including phenoxy) is 1. The van der Waals surface area contributed by atoms with Gasteiger partial charge in [-0.2, -0.15) is 0 Å². The normalized spacial score (nSPS) is 12.1. The van der Waals surface area contributed by atoms with Crippen LogP contribution in [0.1, 0.15) is 40.3 Å². The van der Waals surface area contributed by atoms with E-state index in [1.54, 1.807) is 60.5 Å². The summed E-state index contributed by atoms with van der Waals surface area (Å²) < 4.78 is 16.5. The molecule has 190 valence electrons. The molecular formula is C27H30NO7P. The van der Waals surface area contributed by atoms with E-state index in [2.05, 4.69) is 0 Å². The van der Waals surface area contributed by atoms with Crippen LogP contribution in [-0.4, -0.2) is 38.8 Å². The van der Waals surface area contributed by atoms with Gasteiger partial charge in [0.1, 0.15) is 5.75 Å². The van der Waals surface area contributed by atoms with E-state index in [0.717, 1.165) is 22.3 Å². The van der Waals surface area contributed by atoms with Crippen molar-refractivity contribution in [3.05, 3.63) is 101 Å². The third kappa shape index (κ3) is 8.05. The Morgan fingerprint density at radius 2 is 1.56 bits per heavy atom. The molecule has 0 spiro atoms. The van der Waals surface area contributed by atoms with Crippen molar-refractivity contribution in [2.24, 2.45) is 0 Å². The third-order valence-electron chi connectivity index (χ3n) is 5.77. The molecule has 0 saturated heterocycles. The fourth-order valence-corrected chi connectivity index (χ4v) is 4.71. The number of carboxylic acids is 1. The first-order chi connectivity index (χ1) is 17.0. The van der Waals surface area contributed by atoms with E-state index >= 15 is 0 Å². The zero-order valence-corrected chi connectivity index (χ0v) is 21.1. The molecule has 0 bridgehead atoms. The van der Waals surface area contributed by atoms with E-state index in [1.165, 1.54) is 0 Å². The zero-order valence-electron chi connectivity index (χ0n) is 20.2. The summed E-state index contributed by atoms with van der Waals surface area (Å²) in [5.41, 5.74) is 3.63. The van der Waals surface area contributed by atoms with Crippen LogP contribution >= 0.6 is 7.60 Å². The Labute approximate surface area is 210 Å². The minimum absolute atomic E-state index is 0.0716. The van der Waals surface area contributed by atoms with Gasteiger partial charge in [-0.15, -0.1) is 0 Å². The lowest BCUT2D eigenvalue weighted by atomic mass is 9.98. The summed E-state index contributed by atoms with van der Waals surface area (Å²) in [6.45, 7) is 2.04. The van der Waals surface area contributed by atoms with Gasteiger partial charge in [0, 0.05) is 6.54 Å². The van der Waals surface area contributed by atoms with E-state index in [0.29, 0.717) is 11.3 Å². The number of carboxylic acid groups (broad SMARTS) is 1. The third-order valence-corrected chi connectivity index (χ3v) is 6.55. The van der Waals surface area contributed by atoms with Gasteiger partial charge in [-0.05, 0) is 41.3 Å².